The van der Waals surface area contributed by atoms with Crippen molar-refractivity contribution in [3.63, 3.8) is 0 Å². The highest BCUT2D eigenvalue weighted by Crippen LogP contribution is 2.35. The minimum Gasteiger partial charge on any atom is -0.491 e. The third-order valence-corrected chi connectivity index (χ3v) is 8.39. The fraction of sp³-hybridized carbons (Fsp3) is 0.615. The Labute approximate surface area is 213 Å². The maximum Gasteiger partial charge on any atom is 0.416 e. The summed E-state index contributed by atoms with van der Waals surface area (Å²) in [4.78, 5) is 18.9. The number of alkyl halides is 3. The lowest BCUT2D eigenvalue weighted by Gasteiger charge is -2.36. The van der Waals surface area contributed by atoms with Crippen LogP contribution >= 0.6 is 11.3 Å². The smallest absolute Gasteiger partial charge is 0.416 e. The minimum atomic E-state index is -4.61. The van der Waals surface area contributed by atoms with Gasteiger partial charge in [-0.05, 0) is 69.2 Å². The molecule has 198 valence electrons. The Hall–Kier alpha value is -2.17. The third-order valence-electron chi connectivity index (χ3n) is 6.95. The molecule has 1 aliphatic heterocycles. The molecule has 0 radical (unpaired) electrons. The number of amides is 1. The van der Waals surface area contributed by atoms with E-state index in [0.29, 0.717) is 17.6 Å². The quantitative estimate of drug-likeness (QED) is 0.554. The van der Waals surface area contributed by atoms with E-state index in [1.807, 2.05) is 33.9 Å². The van der Waals surface area contributed by atoms with Gasteiger partial charge in [0, 0.05) is 16.6 Å². The summed E-state index contributed by atoms with van der Waals surface area (Å²) in [5.41, 5.74) is -2.55. The van der Waals surface area contributed by atoms with Crippen molar-refractivity contribution in [1.82, 2.24) is 9.88 Å². The SMILES string of the molecule is CC(C)(C)c1cn(CC2(O)CCC2)/c(=N/C(=O)c2cc(C(F)(F)F)ccc2OC[C@]2(C)CCCN2)s1. The molecule has 1 atom stereocenters. The maximum absolute atomic E-state index is 13.5. The molecule has 0 spiro atoms. The van der Waals surface area contributed by atoms with Crippen LogP contribution in [0.3, 0.4) is 0 Å². The molecule has 2 N–H and O–H groups in total. The molecule has 1 saturated carbocycles. The van der Waals surface area contributed by atoms with Gasteiger partial charge in [-0.3, -0.25) is 4.79 Å². The van der Waals surface area contributed by atoms with Gasteiger partial charge in [-0.1, -0.05) is 20.8 Å². The van der Waals surface area contributed by atoms with Gasteiger partial charge >= 0.3 is 6.18 Å². The summed E-state index contributed by atoms with van der Waals surface area (Å²) in [6.07, 6.45) is 1.37. The predicted octanol–water partition coefficient (Wildman–Crippen LogP) is 5.04. The second-order valence-corrected chi connectivity index (χ2v) is 12.3. The average molecular weight is 526 g/mol. The van der Waals surface area contributed by atoms with Crippen LogP contribution in [-0.4, -0.2) is 39.9 Å². The number of rotatable bonds is 6. The Morgan fingerprint density at radius 1 is 1.22 bits per heavy atom. The van der Waals surface area contributed by atoms with Crippen molar-refractivity contribution in [2.45, 2.75) is 89.1 Å². The lowest BCUT2D eigenvalue weighted by Crippen LogP contribution is -2.43. The molecule has 2 aliphatic rings. The Bertz CT molecular complexity index is 1180. The first-order valence-electron chi connectivity index (χ1n) is 12.3. The highest BCUT2D eigenvalue weighted by Gasteiger charge is 2.36. The van der Waals surface area contributed by atoms with E-state index in [-0.39, 0.29) is 35.4 Å². The van der Waals surface area contributed by atoms with Gasteiger partial charge in [0.1, 0.15) is 12.4 Å². The van der Waals surface area contributed by atoms with Crippen molar-refractivity contribution in [3.8, 4) is 5.75 Å². The number of nitrogens with one attached hydrogen (secondary N) is 1. The van der Waals surface area contributed by atoms with Gasteiger partial charge < -0.3 is 19.7 Å². The molecule has 1 aliphatic carbocycles. The van der Waals surface area contributed by atoms with Crippen LogP contribution in [0.2, 0.25) is 0 Å². The lowest BCUT2D eigenvalue weighted by molar-refractivity contribution is -0.137. The number of halogens is 3. The van der Waals surface area contributed by atoms with Gasteiger partial charge in [0.15, 0.2) is 4.80 Å². The Kier molecular flexibility index (Phi) is 7.18. The molecule has 6 nitrogen and oxygen atoms in total. The first-order valence-corrected chi connectivity index (χ1v) is 13.1. The van der Waals surface area contributed by atoms with Gasteiger partial charge in [-0.25, -0.2) is 0 Å². The van der Waals surface area contributed by atoms with Crippen molar-refractivity contribution in [2.24, 2.45) is 4.99 Å². The normalized spacial score (nSPS) is 22.5. The maximum atomic E-state index is 13.5. The molecule has 1 saturated heterocycles. The van der Waals surface area contributed by atoms with E-state index < -0.39 is 23.2 Å². The van der Waals surface area contributed by atoms with E-state index in [0.717, 1.165) is 42.8 Å². The van der Waals surface area contributed by atoms with Crippen LogP contribution in [0, 0.1) is 0 Å². The minimum absolute atomic E-state index is 0.0726. The van der Waals surface area contributed by atoms with Gasteiger partial charge in [-0.15, -0.1) is 11.3 Å². The van der Waals surface area contributed by atoms with E-state index in [9.17, 15) is 23.1 Å². The molecule has 1 aromatic heterocycles. The Balaban J connectivity index is 1.72. The highest BCUT2D eigenvalue weighted by atomic mass is 32.1. The largest absolute Gasteiger partial charge is 0.491 e. The second-order valence-electron chi connectivity index (χ2n) is 11.3. The van der Waals surface area contributed by atoms with Crippen LogP contribution < -0.4 is 14.9 Å². The summed E-state index contributed by atoms with van der Waals surface area (Å²) >= 11 is 1.30. The fourth-order valence-electron chi connectivity index (χ4n) is 4.45. The van der Waals surface area contributed by atoms with Crippen molar-refractivity contribution in [1.29, 1.82) is 0 Å². The number of thiazole rings is 1. The summed E-state index contributed by atoms with van der Waals surface area (Å²) in [7, 11) is 0. The van der Waals surface area contributed by atoms with Crippen LogP contribution in [0.1, 0.15) is 80.6 Å². The highest BCUT2D eigenvalue weighted by molar-refractivity contribution is 7.09. The van der Waals surface area contributed by atoms with E-state index in [1.165, 1.54) is 17.4 Å². The van der Waals surface area contributed by atoms with Gasteiger partial charge in [0.25, 0.3) is 5.91 Å². The number of aromatic nitrogens is 1. The van der Waals surface area contributed by atoms with E-state index in [4.69, 9.17) is 4.74 Å². The van der Waals surface area contributed by atoms with E-state index >= 15 is 0 Å². The van der Waals surface area contributed by atoms with Crippen molar-refractivity contribution >= 4 is 17.2 Å². The molecule has 10 heteroatoms. The van der Waals surface area contributed by atoms with Gasteiger partial charge in [0.05, 0.1) is 23.3 Å². The molecule has 0 unspecified atom stereocenters. The van der Waals surface area contributed by atoms with Crippen LogP contribution in [0.15, 0.2) is 29.4 Å². The summed E-state index contributed by atoms with van der Waals surface area (Å²) in [5.74, 6) is -0.735. The number of carbonyl (C=O) groups excluding carboxylic acids is 1. The summed E-state index contributed by atoms with van der Waals surface area (Å²) in [5, 5.41) is 14.1. The zero-order valence-electron chi connectivity index (χ0n) is 21.2. The number of hydrogen-bond donors (Lipinski definition) is 2. The number of aliphatic hydroxyl groups is 1. The number of ether oxygens (including phenoxy) is 1. The zero-order valence-corrected chi connectivity index (χ0v) is 22.0. The molecule has 1 amide bonds. The predicted molar refractivity (Wildman–Crippen MR) is 132 cm³/mol. The zero-order chi connectivity index (χ0) is 26.4. The molecular weight excluding hydrogens is 491 g/mol. The monoisotopic (exact) mass is 525 g/mol. The van der Waals surface area contributed by atoms with Crippen LogP contribution in [0.5, 0.6) is 5.75 Å². The first kappa shape index (κ1) is 26.9. The molecule has 1 aromatic carbocycles. The van der Waals surface area contributed by atoms with Gasteiger partial charge in [0.2, 0.25) is 0 Å². The molecular formula is C26H34F3N3O3S. The first-order chi connectivity index (χ1) is 16.7. The lowest BCUT2D eigenvalue weighted by atomic mass is 9.80. The summed E-state index contributed by atoms with van der Waals surface area (Å²) < 4.78 is 48.1. The second kappa shape index (κ2) is 9.61. The Morgan fingerprint density at radius 3 is 2.50 bits per heavy atom. The topological polar surface area (TPSA) is 75.8 Å². The average Bonchev–Trinajstić information content (AvgIpc) is 3.37. The van der Waals surface area contributed by atoms with Gasteiger partial charge in [-0.2, -0.15) is 18.2 Å². The molecule has 2 heterocycles. The van der Waals surface area contributed by atoms with Crippen molar-refractivity contribution in [3.05, 3.63) is 45.2 Å². The molecule has 36 heavy (non-hydrogen) atoms. The summed E-state index contributed by atoms with van der Waals surface area (Å²) in [6, 6.07) is 2.93. The molecule has 2 fully saturated rings. The molecule has 4 rings (SSSR count). The van der Waals surface area contributed by atoms with Crippen molar-refractivity contribution in [2.75, 3.05) is 13.2 Å². The standard InChI is InChI=1S/C26H34F3N3O3S/c1-23(2,3)20-14-32(15-25(34)10-5-11-25)22(36-20)31-21(33)18-13-17(26(27,28)29)7-8-19(18)35-16-24(4)9-6-12-30-24/h7-8,13-14,30,34H,5-6,9-12,15-16H2,1-4H3/b31-22-/t24-/m0/s1. The van der Waals surface area contributed by atoms with E-state index in [1.54, 1.807) is 4.57 Å². The van der Waals surface area contributed by atoms with Crippen LogP contribution in [0.4, 0.5) is 13.2 Å². The third kappa shape index (κ3) is 6.03. The fourth-order valence-corrected chi connectivity index (χ4v) is 5.50. The number of benzene rings is 1. The molecule has 0 bridgehead atoms. The van der Waals surface area contributed by atoms with E-state index in [2.05, 4.69) is 10.3 Å². The number of hydrogen-bond acceptors (Lipinski definition) is 5. The Morgan fingerprint density at radius 2 is 1.94 bits per heavy atom. The van der Waals surface area contributed by atoms with Crippen molar-refractivity contribution < 1.29 is 27.8 Å². The number of nitrogens with zero attached hydrogens (tertiary/aromatic N) is 2. The summed E-state index contributed by atoms with van der Waals surface area (Å²) in [6.45, 7) is 9.43. The molecule has 2 aromatic rings. The van der Waals surface area contributed by atoms with Crippen LogP contribution in [0.25, 0.3) is 0 Å². The number of carbonyl (C=O) groups is 1. The van der Waals surface area contributed by atoms with Crippen LogP contribution in [-0.2, 0) is 18.1 Å².